The second kappa shape index (κ2) is 11.0. The monoisotopic (exact) mass is 433 g/mol. The highest BCUT2D eigenvalue weighted by Gasteiger charge is 2.38. The van der Waals surface area contributed by atoms with Gasteiger partial charge in [0.25, 0.3) is 0 Å². The van der Waals surface area contributed by atoms with Crippen molar-refractivity contribution in [3.05, 3.63) is 101 Å². The number of nitrogens with zero attached hydrogens (tertiary/aromatic N) is 1. The van der Waals surface area contributed by atoms with Crippen molar-refractivity contribution in [3.63, 3.8) is 0 Å². The molecule has 1 aromatic heterocycles. The molecule has 32 heavy (non-hydrogen) atoms. The molecule has 2 aromatic carbocycles. The zero-order valence-electron chi connectivity index (χ0n) is 18.1. The first-order valence-electron chi connectivity index (χ1n) is 10.7. The molecule has 6 nitrogen and oxygen atoms in total. The Morgan fingerprint density at radius 1 is 1.00 bits per heavy atom. The van der Waals surface area contributed by atoms with E-state index in [2.05, 4.69) is 4.98 Å². The second-order valence-electron chi connectivity index (χ2n) is 7.70. The molecule has 4 rings (SSSR count). The maximum atomic E-state index is 11.9. The van der Waals surface area contributed by atoms with E-state index in [9.17, 15) is 4.79 Å². The molecule has 1 aliphatic rings. The molecule has 0 radical (unpaired) electrons. The van der Waals surface area contributed by atoms with Crippen molar-refractivity contribution in [2.45, 2.75) is 37.9 Å². The first-order chi connectivity index (χ1) is 15.7. The normalized spacial score (nSPS) is 20.2. The number of esters is 1. The average Bonchev–Trinajstić information content (AvgIpc) is 3.26. The van der Waals surface area contributed by atoms with Crippen LogP contribution in [0.25, 0.3) is 0 Å². The molecule has 0 N–H and O–H groups in total. The third kappa shape index (κ3) is 5.79. The summed E-state index contributed by atoms with van der Waals surface area (Å²) in [5.74, 6) is -0.397. The smallest absolute Gasteiger partial charge is 0.337 e. The molecular formula is C26H27NO5. The summed E-state index contributed by atoms with van der Waals surface area (Å²) < 4.78 is 23.3. The van der Waals surface area contributed by atoms with E-state index in [1.165, 1.54) is 7.11 Å². The third-order valence-electron chi connectivity index (χ3n) is 5.43. The number of methoxy groups -OCH3 is 1. The fraction of sp³-hybridized carbons (Fsp3) is 0.308. The predicted molar refractivity (Wildman–Crippen MR) is 119 cm³/mol. The number of aromatic nitrogens is 1. The van der Waals surface area contributed by atoms with Gasteiger partial charge in [-0.15, -0.1) is 0 Å². The van der Waals surface area contributed by atoms with Gasteiger partial charge in [-0.3, -0.25) is 4.98 Å². The molecule has 3 atom stereocenters. The van der Waals surface area contributed by atoms with Crippen LogP contribution in [0.15, 0.2) is 79.0 Å². The number of carbonyl (C=O) groups is 1. The first-order valence-corrected chi connectivity index (χ1v) is 10.7. The molecule has 0 saturated carbocycles. The van der Waals surface area contributed by atoms with Crippen molar-refractivity contribution in [3.8, 4) is 0 Å². The van der Waals surface area contributed by atoms with E-state index in [1.54, 1.807) is 18.3 Å². The minimum atomic E-state index is -0.397. The van der Waals surface area contributed by atoms with E-state index >= 15 is 0 Å². The van der Waals surface area contributed by atoms with Crippen LogP contribution in [-0.4, -0.2) is 36.9 Å². The highest BCUT2D eigenvalue weighted by Crippen LogP contribution is 2.35. The van der Waals surface area contributed by atoms with Crippen molar-refractivity contribution in [1.29, 1.82) is 0 Å². The van der Waals surface area contributed by atoms with Crippen LogP contribution in [-0.2, 0) is 32.2 Å². The second-order valence-corrected chi connectivity index (χ2v) is 7.70. The maximum Gasteiger partial charge on any atom is 0.337 e. The quantitative estimate of drug-likeness (QED) is 0.463. The molecular weight excluding hydrogens is 406 g/mol. The molecule has 6 heteroatoms. The van der Waals surface area contributed by atoms with Gasteiger partial charge in [-0.2, -0.15) is 0 Å². The van der Waals surface area contributed by atoms with Gasteiger partial charge in [0.15, 0.2) is 0 Å². The van der Waals surface area contributed by atoms with Crippen molar-refractivity contribution < 1.29 is 23.7 Å². The average molecular weight is 434 g/mol. The van der Waals surface area contributed by atoms with Crippen molar-refractivity contribution >= 4 is 5.97 Å². The van der Waals surface area contributed by atoms with Crippen LogP contribution in [0.1, 0.15) is 39.7 Å². The third-order valence-corrected chi connectivity index (χ3v) is 5.43. The van der Waals surface area contributed by atoms with Gasteiger partial charge in [0.1, 0.15) is 12.2 Å². The Morgan fingerprint density at radius 3 is 2.38 bits per heavy atom. The van der Waals surface area contributed by atoms with E-state index in [1.807, 2.05) is 60.7 Å². The molecule has 0 aliphatic carbocycles. The Balaban J connectivity index is 1.43. The largest absolute Gasteiger partial charge is 0.465 e. The van der Waals surface area contributed by atoms with E-state index < -0.39 is 5.97 Å². The highest BCUT2D eigenvalue weighted by atomic mass is 16.6. The minimum absolute atomic E-state index is 0.153. The zero-order chi connectivity index (χ0) is 22.2. The number of pyridine rings is 1. The van der Waals surface area contributed by atoms with Crippen LogP contribution >= 0.6 is 0 Å². The summed E-state index contributed by atoms with van der Waals surface area (Å²) in [6.45, 7) is 1.40. The molecule has 2 heterocycles. The fourth-order valence-corrected chi connectivity index (χ4v) is 3.74. The molecule has 1 aliphatic heterocycles. The number of ether oxygens (including phenoxy) is 4. The van der Waals surface area contributed by atoms with Gasteiger partial charge >= 0.3 is 5.97 Å². The number of hydrogen-bond donors (Lipinski definition) is 0. The summed E-state index contributed by atoms with van der Waals surface area (Å²) in [6.07, 6.45) is 1.55. The lowest BCUT2D eigenvalue weighted by atomic mass is 10.1. The van der Waals surface area contributed by atoms with Gasteiger partial charge in [0.2, 0.25) is 0 Å². The van der Waals surface area contributed by atoms with Crippen LogP contribution in [0.2, 0.25) is 0 Å². The lowest BCUT2D eigenvalue weighted by molar-refractivity contribution is -0.0720. The molecule has 166 valence electrons. The van der Waals surface area contributed by atoms with Gasteiger partial charge in [-0.25, -0.2) is 4.79 Å². The molecule has 0 spiro atoms. The maximum absolute atomic E-state index is 11.9. The summed E-state index contributed by atoms with van der Waals surface area (Å²) in [6, 6.07) is 23.4. The first kappa shape index (κ1) is 22.1. The van der Waals surface area contributed by atoms with Crippen LogP contribution in [0.4, 0.5) is 0 Å². The Kier molecular flexibility index (Phi) is 7.61. The van der Waals surface area contributed by atoms with Gasteiger partial charge in [0, 0.05) is 12.6 Å². The number of benzene rings is 2. The van der Waals surface area contributed by atoms with Crippen molar-refractivity contribution in [2.75, 3.05) is 13.7 Å². The van der Waals surface area contributed by atoms with Gasteiger partial charge < -0.3 is 18.9 Å². The summed E-state index contributed by atoms with van der Waals surface area (Å²) in [4.78, 5) is 16.3. The van der Waals surface area contributed by atoms with Gasteiger partial charge in [-0.1, -0.05) is 60.7 Å². The lowest BCUT2D eigenvalue weighted by Crippen LogP contribution is -2.29. The van der Waals surface area contributed by atoms with E-state index in [-0.39, 0.29) is 18.3 Å². The lowest BCUT2D eigenvalue weighted by Gasteiger charge is -2.19. The summed E-state index contributed by atoms with van der Waals surface area (Å²) in [5, 5.41) is 0. The predicted octanol–water partition coefficient (Wildman–Crippen LogP) is 4.50. The number of hydrogen-bond acceptors (Lipinski definition) is 6. The molecule has 1 saturated heterocycles. The molecule has 0 amide bonds. The zero-order valence-corrected chi connectivity index (χ0v) is 18.1. The Bertz CT molecular complexity index is 995. The standard InChI is InChI=1S/C26H27NO5/c1-29-26(28)21-12-13-27-22(14-21)23-15-24(31-17-20-10-6-3-7-11-20)25(32-23)18-30-16-19-8-4-2-5-9-19/h2-14,23-25H,15-18H2,1H3/t23?,24-,25+/m0/s1. The minimum Gasteiger partial charge on any atom is -0.465 e. The summed E-state index contributed by atoms with van der Waals surface area (Å²) in [7, 11) is 1.36. The van der Waals surface area contributed by atoms with E-state index in [0.29, 0.717) is 37.5 Å². The summed E-state index contributed by atoms with van der Waals surface area (Å²) >= 11 is 0. The van der Waals surface area contributed by atoms with Crippen molar-refractivity contribution in [2.24, 2.45) is 0 Å². The van der Waals surface area contributed by atoms with Crippen LogP contribution in [0.5, 0.6) is 0 Å². The Morgan fingerprint density at radius 2 is 1.69 bits per heavy atom. The number of carbonyl (C=O) groups excluding carboxylic acids is 1. The van der Waals surface area contributed by atoms with E-state index in [4.69, 9.17) is 18.9 Å². The fourth-order valence-electron chi connectivity index (χ4n) is 3.74. The van der Waals surface area contributed by atoms with Crippen LogP contribution < -0.4 is 0 Å². The van der Waals surface area contributed by atoms with E-state index in [0.717, 1.165) is 11.1 Å². The molecule has 0 bridgehead atoms. The van der Waals surface area contributed by atoms with Crippen LogP contribution in [0, 0.1) is 0 Å². The summed E-state index contributed by atoms with van der Waals surface area (Å²) in [5.41, 5.74) is 3.35. The Labute approximate surface area is 188 Å². The topological polar surface area (TPSA) is 66.9 Å². The molecule has 1 fully saturated rings. The highest BCUT2D eigenvalue weighted by molar-refractivity contribution is 5.89. The van der Waals surface area contributed by atoms with Crippen molar-refractivity contribution in [1.82, 2.24) is 4.98 Å². The molecule has 1 unspecified atom stereocenters. The van der Waals surface area contributed by atoms with Gasteiger partial charge in [0.05, 0.1) is 44.3 Å². The number of rotatable bonds is 9. The van der Waals surface area contributed by atoms with Crippen LogP contribution in [0.3, 0.4) is 0 Å². The Hall–Kier alpha value is -3.06. The van der Waals surface area contributed by atoms with Gasteiger partial charge in [-0.05, 0) is 23.3 Å². The molecule has 3 aromatic rings. The SMILES string of the molecule is COC(=O)c1ccnc(C2C[C@H](OCc3ccccc3)[C@@H](COCc3ccccc3)O2)c1.